The zero-order valence-electron chi connectivity index (χ0n) is 9.94. The van der Waals surface area contributed by atoms with Crippen molar-refractivity contribution >= 4 is 24.0 Å². The zero-order chi connectivity index (χ0) is 12.3. The van der Waals surface area contributed by atoms with Crippen LogP contribution in [-0.4, -0.2) is 37.2 Å². The normalized spacial score (nSPS) is 20.5. The van der Waals surface area contributed by atoms with Crippen LogP contribution in [0.3, 0.4) is 0 Å². The molecule has 1 saturated heterocycles. The van der Waals surface area contributed by atoms with Gasteiger partial charge >= 0.3 is 0 Å². The molecule has 18 heavy (non-hydrogen) atoms. The number of rotatable bonds is 3. The van der Waals surface area contributed by atoms with Gasteiger partial charge in [0.25, 0.3) is 0 Å². The number of hydrogen-bond donors (Lipinski definition) is 1. The maximum absolute atomic E-state index is 13.2. The number of nitrogens with zero attached hydrogens (tertiary/aromatic N) is 1. The summed E-state index contributed by atoms with van der Waals surface area (Å²) in [4.78, 5) is 2.20. The fourth-order valence-electron chi connectivity index (χ4n) is 2.03. The van der Waals surface area contributed by atoms with Crippen molar-refractivity contribution in [2.24, 2.45) is 5.73 Å². The van der Waals surface area contributed by atoms with E-state index >= 15 is 0 Å². The lowest BCUT2D eigenvalue weighted by molar-refractivity contribution is -0.0260. The van der Waals surface area contributed by atoms with E-state index in [1.807, 2.05) is 0 Å². The van der Waals surface area contributed by atoms with Crippen molar-refractivity contribution in [1.82, 2.24) is 4.90 Å². The molecule has 1 aliphatic heterocycles. The van der Waals surface area contributed by atoms with Crippen molar-refractivity contribution in [3.05, 3.63) is 34.6 Å². The van der Waals surface area contributed by atoms with Crippen LogP contribution in [0.25, 0.3) is 0 Å². The highest BCUT2D eigenvalue weighted by molar-refractivity contribution is 6.30. The molecule has 6 heteroatoms. The molecule has 0 radical (unpaired) electrons. The summed E-state index contributed by atoms with van der Waals surface area (Å²) in [6.45, 7) is 3.48. The van der Waals surface area contributed by atoms with E-state index in [2.05, 4.69) is 4.90 Å². The van der Waals surface area contributed by atoms with Gasteiger partial charge < -0.3 is 10.5 Å². The molecule has 1 heterocycles. The first-order valence-corrected chi connectivity index (χ1v) is 6.04. The van der Waals surface area contributed by atoms with E-state index < -0.39 is 0 Å². The van der Waals surface area contributed by atoms with Crippen LogP contribution >= 0.6 is 24.0 Å². The van der Waals surface area contributed by atoms with Crippen molar-refractivity contribution in [2.75, 3.05) is 26.2 Å². The molecule has 0 saturated carbocycles. The zero-order valence-corrected chi connectivity index (χ0v) is 11.5. The SMILES string of the molecule is Cl.NCC1CN(Cc2cc(F)cc(Cl)c2)CCO1. The number of hydrogen-bond acceptors (Lipinski definition) is 3. The minimum absolute atomic E-state index is 0. The van der Waals surface area contributed by atoms with E-state index in [4.69, 9.17) is 22.1 Å². The molecule has 1 aromatic rings. The minimum atomic E-state index is -0.295. The number of ether oxygens (including phenoxy) is 1. The summed E-state index contributed by atoms with van der Waals surface area (Å²) < 4.78 is 18.7. The van der Waals surface area contributed by atoms with E-state index in [9.17, 15) is 4.39 Å². The van der Waals surface area contributed by atoms with Crippen molar-refractivity contribution in [1.29, 1.82) is 0 Å². The number of nitrogens with two attached hydrogens (primary N) is 1. The van der Waals surface area contributed by atoms with Crippen molar-refractivity contribution in [3.63, 3.8) is 0 Å². The van der Waals surface area contributed by atoms with Crippen LogP contribution in [0.4, 0.5) is 4.39 Å². The second-order valence-corrected chi connectivity index (χ2v) is 4.68. The fraction of sp³-hybridized carbons (Fsp3) is 0.500. The van der Waals surface area contributed by atoms with Gasteiger partial charge in [-0.25, -0.2) is 4.39 Å². The Kier molecular flexibility index (Phi) is 6.32. The predicted molar refractivity (Wildman–Crippen MR) is 72.7 cm³/mol. The molecule has 0 bridgehead atoms. The molecule has 0 aliphatic carbocycles. The van der Waals surface area contributed by atoms with Crippen molar-refractivity contribution < 1.29 is 9.13 Å². The summed E-state index contributed by atoms with van der Waals surface area (Å²) in [5.74, 6) is -0.295. The average molecular weight is 295 g/mol. The molecule has 1 aliphatic rings. The first kappa shape index (κ1) is 15.7. The van der Waals surface area contributed by atoms with Crippen LogP contribution in [-0.2, 0) is 11.3 Å². The van der Waals surface area contributed by atoms with Gasteiger partial charge in [-0.15, -0.1) is 12.4 Å². The lowest BCUT2D eigenvalue weighted by atomic mass is 10.2. The molecular formula is C12H17Cl2FN2O. The summed E-state index contributed by atoms with van der Waals surface area (Å²) in [5, 5.41) is 0.434. The first-order valence-electron chi connectivity index (χ1n) is 5.66. The van der Waals surface area contributed by atoms with Crippen LogP contribution < -0.4 is 5.73 Å². The molecule has 2 N–H and O–H groups in total. The summed E-state index contributed by atoms with van der Waals surface area (Å²) in [5.41, 5.74) is 6.46. The summed E-state index contributed by atoms with van der Waals surface area (Å²) in [6, 6.07) is 4.61. The standard InChI is InChI=1S/C12H16ClFN2O.ClH/c13-10-3-9(4-11(14)5-10)7-16-1-2-17-12(6-15)8-16;/h3-5,12H,1-2,6-8,15H2;1H. The van der Waals surface area contributed by atoms with Gasteiger partial charge in [-0.2, -0.15) is 0 Å². The van der Waals surface area contributed by atoms with Crippen LogP contribution in [0.2, 0.25) is 5.02 Å². The minimum Gasteiger partial charge on any atom is -0.374 e. The molecule has 0 amide bonds. The van der Waals surface area contributed by atoms with E-state index in [0.717, 1.165) is 18.7 Å². The van der Waals surface area contributed by atoms with Gasteiger partial charge in [-0.1, -0.05) is 11.6 Å². The summed E-state index contributed by atoms with van der Waals surface area (Å²) >= 11 is 5.82. The molecular weight excluding hydrogens is 278 g/mol. The lowest BCUT2D eigenvalue weighted by Crippen LogP contribution is -2.45. The molecule has 0 spiro atoms. The molecule has 1 aromatic carbocycles. The van der Waals surface area contributed by atoms with Gasteiger partial charge in [0.2, 0.25) is 0 Å². The Labute approximate surface area is 117 Å². The highest BCUT2D eigenvalue weighted by atomic mass is 35.5. The Morgan fingerprint density at radius 2 is 2.22 bits per heavy atom. The van der Waals surface area contributed by atoms with Gasteiger partial charge in [-0.05, 0) is 23.8 Å². The van der Waals surface area contributed by atoms with Gasteiger partial charge in [0, 0.05) is 31.2 Å². The van der Waals surface area contributed by atoms with Gasteiger partial charge in [0.1, 0.15) is 5.82 Å². The van der Waals surface area contributed by atoms with E-state index in [1.54, 1.807) is 6.07 Å². The van der Waals surface area contributed by atoms with E-state index in [0.29, 0.717) is 24.7 Å². The summed E-state index contributed by atoms with van der Waals surface area (Å²) in [6.07, 6.45) is 0.0766. The fourth-order valence-corrected chi connectivity index (χ4v) is 2.27. The van der Waals surface area contributed by atoms with Gasteiger partial charge in [0.05, 0.1) is 12.7 Å². The van der Waals surface area contributed by atoms with Crippen LogP contribution in [0.1, 0.15) is 5.56 Å². The van der Waals surface area contributed by atoms with Gasteiger partial charge in [0.15, 0.2) is 0 Å². The number of benzene rings is 1. The van der Waals surface area contributed by atoms with Crippen molar-refractivity contribution in [3.8, 4) is 0 Å². The Bertz CT molecular complexity index is 372. The predicted octanol–water partition coefficient (Wildman–Crippen LogP) is 2.06. The maximum Gasteiger partial charge on any atom is 0.125 e. The molecule has 1 atom stereocenters. The Hall–Kier alpha value is -0.390. The largest absolute Gasteiger partial charge is 0.374 e. The van der Waals surface area contributed by atoms with Gasteiger partial charge in [-0.3, -0.25) is 4.90 Å². The monoisotopic (exact) mass is 294 g/mol. The average Bonchev–Trinajstić information content (AvgIpc) is 2.28. The second-order valence-electron chi connectivity index (χ2n) is 4.24. The van der Waals surface area contributed by atoms with Crippen LogP contribution in [0.5, 0.6) is 0 Å². The smallest absolute Gasteiger partial charge is 0.125 e. The lowest BCUT2D eigenvalue weighted by Gasteiger charge is -2.32. The number of morpholine rings is 1. The summed E-state index contributed by atoms with van der Waals surface area (Å²) in [7, 11) is 0. The number of halogens is 3. The topological polar surface area (TPSA) is 38.5 Å². The molecule has 1 fully saturated rings. The first-order chi connectivity index (χ1) is 8.17. The Balaban J connectivity index is 0.00000162. The highest BCUT2D eigenvalue weighted by Crippen LogP contribution is 2.17. The Morgan fingerprint density at radius 3 is 2.89 bits per heavy atom. The Morgan fingerprint density at radius 1 is 1.44 bits per heavy atom. The van der Waals surface area contributed by atoms with Crippen molar-refractivity contribution in [2.45, 2.75) is 12.6 Å². The quantitative estimate of drug-likeness (QED) is 0.927. The third kappa shape index (κ3) is 4.37. The maximum atomic E-state index is 13.2. The molecule has 0 aromatic heterocycles. The second kappa shape index (κ2) is 7.26. The third-order valence-electron chi connectivity index (χ3n) is 2.81. The molecule has 1 unspecified atom stereocenters. The van der Waals surface area contributed by atoms with Crippen LogP contribution in [0, 0.1) is 5.82 Å². The highest BCUT2D eigenvalue weighted by Gasteiger charge is 2.19. The van der Waals surface area contributed by atoms with Crippen LogP contribution in [0.15, 0.2) is 18.2 Å². The van der Waals surface area contributed by atoms with E-state index in [1.165, 1.54) is 12.1 Å². The van der Waals surface area contributed by atoms with E-state index in [-0.39, 0.29) is 24.3 Å². The molecule has 2 rings (SSSR count). The molecule has 3 nitrogen and oxygen atoms in total. The molecule has 102 valence electrons. The third-order valence-corrected chi connectivity index (χ3v) is 3.03.